The fourth-order valence-corrected chi connectivity index (χ4v) is 3.53. The normalized spacial score (nSPS) is 14.8. The highest BCUT2D eigenvalue weighted by Crippen LogP contribution is 2.22. The Labute approximate surface area is 170 Å². The fourth-order valence-electron chi connectivity index (χ4n) is 3.53. The molecule has 1 fully saturated rings. The highest BCUT2D eigenvalue weighted by molar-refractivity contribution is 5.99. The Kier molecular flexibility index (Phi) is 5.57. The first-order valence-electron chi connectivity index (χ1n) is 9.75. The number of anilines is 1. The van der Waals surface area contributed by atoms with Gasteiger partial charge in [-0.3, -0.25) is 14.7 Å². The monoisotopic (exact) mass is 391 g/mol. The molecule has 3 heterocycles. The van der Waals surface area contributed by atoms with Crippen LogP contribution in [0.4, 0.5) is 5.69 Å². The highest BCUT2D eigenvalue weighted by atomic mass is 16.4. The third-order valence-electron chi connectivity index (χ3n) is 5.14. The van der Waals surface area contributed by atoms with E-state index in [1.807, 2.05) is 60.3 Å². The van der Waals surface area contributed by atoms with Gasteiger partial charge in [-0.1, -0.05) is 30.3 Å². The molecule has 1 amide bonds. The van der Waals surface area contributed by atoms with Gasteiger partial charge in [0, 0.05) is 58.2 Å². The molecule has 0 N–H and O–H groups in total. The van der Waals surface area contributed by atoms with Crippen LogP contribution in [0.15, 0.2) is 59.4 Å². The number of hydrogen-bond donors (Lipinski definition) is 0. The molecular formula is C22H25N5O2. The van der Waals surface area contributed by atoms with Crippen LogP contribution < -0.4 is 4.90 Å². The zero-order valence-corrected chi connectivity index (χ0v) is 16.8. The molecule has 0 spiro atoms. The molecule has 0 bridgehead atoms. The van der Waals surface area contributed by atoms with Crippen LogP contribution in [0.1, 0.15) is 16.2 Å². The van der Waals surface area contributed by atoms with Crippen molar-refractivity contribution in [1.29, 1.82) is 0 Å². The molecule has 4 rings (SSSR count). The zero-order chi connectivity index (χ0) is 20.2. The molecule has 1 aromatic carbocycles. The number of benzene rings is 1. The molecule has 0 aliphatic carbocycles. The smallest absolute Gasteiger partial charge is 0.257 e. The summed E-state index contributed by atoms with van der Waals surface area (Å²) in [7, 11) is 3.87. The van der Waals surface area contributed by atoms with E-state index in [4.69, 9.17) is 4.42 Å². The van der Waals surface area contributed by atoms with Gasteiger partial charge in [0.2, 0.25) is 5.89 Å². The van der Waals surface area contributed by atoms with E-state index in [9.17, 15) is 4.79 Å². The molecule has 0 unspecified atom stereocenters. The summed E-state index contributed by atoms with van der Waals surface area (Å²) in [4.78, 5) is 27.6. The van der Waals surface area contributed by atoms with Crippen LogP contribution in [-0.4, -0.2) is 65.9 Å². The summed E-state index contributed by atoms with van der Waals surface area (Å²) < 4.78 is 5.91. The quantitative estimate of drug-likeness (QED) is 0.666. The van der Waals surface area contributed by atoms with Crippen molar-refractivity contribution in [3.05, 3.63) is 66.4 Å². The molecule has 0 saturated carbocycles. The largest absolute Gasteiger partial charge is 0.439 e. The summed E-state index contributed by atoms with van der Waals surface area (Å²) >= 11 is 0. The SMILES string of the molecule is CN(C)c1ccncc1C(=O)N1CCN(Cc2ncc(-c3ccccc3)o2)CC1. The van der Waals surface area contributed by atoms with Crippen LogP contribution in [0.25, 0.3) is 11.3 Å². The van der Waals surface area contributed by atoms with Gasteiger partial charge in [-0.2, -0.15) is 0 Å². The lowest BCUT2D eigenvalue weighted by Crippen LogP contribution is -2.48. The van der Waals surface area contributed by atoms with Gasteiger partial charge >= 0.3 is 0 Å². The summed E-state index contributed by atoms with van der Waals surface area (Å²) in [6.07, 6.45) is 5.14. The molecule has 3 aromatic rings. The van der Waals surface area contributed by atoms with E-state index in [1.54, 1.807) is 18.6 Å². The van der Waals surface area contributed by atoms with Crippen LogP contribution in [0, 0.1) is 0 Å². The van der Waals surface area contributed by atoms with E-state index in [0.29, 0.717) is 31.1 Å². The number of carbonyl (C=O) groups excluding carboxylic acids is 1. The van der Waals surface area contributed by atoms with Gasteiger partial charge in [0.1, 0.15) is 0 Å². The number of carbonyl (C=O) groups is 1. The van der Waals surface area contributed by atoms with Crippen molar-refractivity contribution in [2.45, 2.75) is 6.54 Å². The van der Waals surface area contributed by atoms with Crippen molar-refractivity contribution >= 4 is 11.6 Å². The fraction of sp³-hybridized carbons (Fsp3) is 0.318. The van der Waals surface area contributed by atoms with E-state index in [2.05, 4.69) is 14.9 Å². The molecule has 29 heavy (non-hydrogen) atoms. The standard InChI is InChI=1S/C22H25N5O2/c1-25(2)19-8-9-23-14-18(19)22(28)27-12-10-26(11-13-27)16-21-24-15-20(29-21)17-6-4-3-5-7-17/h3-9,14-15H,10-13,16H2,1-2H3. The topological polar surface area (TPSA) is 65.7 Å². The second-order valence-corrected chi connectivity index (χ2v) is 7.34. The predicted octanol–water partition coefficient (Wildman–Crippen LogP) is 2.76. The molecule has 2 aromatic heterocycles. The lowest BCUT2D eigenvalue weighted by molar-refractivity contribution is 0.0618. The van der Waals surface area contributed by atoms with E-state index in [1.165, 1.54) is 0 Å². The van der Waals surface area contributed by atoms with Gasteiger partial charge in [0.25, 0.3) is 5.91 Å². The first kappa shape index (κ1) is 19.1. The third kappa shape index (κ3) is 4.30. The minimum absolute atomic E-state index is 0.0314. The van der Waals surface area contributed by atoms with Crippen LogP contribution in [0.2, 0.25) is 0 Å². The Hall–Kier alpha value is -3.19. The molecular weight excluding hydrogens is 366 g/mol. The van der Waals surface area contributed by atoms with Crippen molar-refractivity contribution in [1.82, 2.24) is 19.8 Å². The predicted molar refractivity (Wildman–Crippen MR) is 112 cm³/mol. The van der Waals surface area contributed by atoms with E-state index in [-0.39, 0.29) is 5.91 Å². The summed E-state index contributed by atoms with van der Waals surface area (Å²) in [6, 6.07) is 11.8. The Bertz CT molecular complexity index is 962. The van der Waals surface area contributed by atoms with Crippen molar-refractivity contribution in [2.24, 2.45) is 0 Å². The lowest BCUT2D eigenvalue weighted by atomic mass is 10.1. The second kappa shape index (κ2) is 8.45. The number of amides is 1. The van der Waals surface area contributed by atoms with Crippen LogP contribution in [0.5, 0.6) is 0 Å². The number of aromatic nitrogens is 2. The molecule has 1 saturated heterocycles. The number of nitrogens with zero attached hydrogens (tertiary/aromatic N) is 5. The Morgan fingerprint density at radius 2 is 1.83 bits per heavy atom. The highest BCUT2D eigenvalue weighted by Gasteiger charge is 2.25. The second-order valence-electron chi connectivity index (χ2n) is 7.34. The third-order valence-corrected chi connectivity index (χ3v) is 5.14. The van der Waals surface area contributed by atoms with Gasteiger partial charge in [0.05, 0.1) is 24.0 Å². The van der Waals surface area contributed by atoms with Gasteiger partial charge in [-0.05, 0) is 6.07 Å². The maximum absolute atomic E-state index is 13.0. The number of piperazine rings is 1. The summed E-state index contributed by atoms with van der Waals surface area (Å²) in [6.45, 7) is 3.56. The molecule has 150 valence electrons. The lowest BCUT2D eigenvalue weighted by Gasteiger charge is -2.34. The Morgan fingerprint density at radius 3 is 2.55 bits per heavy atom. The van der Waals surface area contributed by atoms with Crippen LogP contribution in [0.3, 0.4) is 0 Å². The maximum Gasteiger partial charge on any atom is 0.257 e. The number of rotatable bonds is 5. The van der Waals surface area contributed by atoms with Gasteiger partial charge in [-0.25, -0.2) is 4.98 Å². The van der Waals surface area contributed by atoms with E-state index < -0.39 is 0 Å². The number of hydrogen-bond acceptors (Lipinski definition) is 6. The molecule has 0 radical (unpaired) electrons. The van der Waals surface area contributed by atoms with Gasteiger partial charge < -0.3 is 14.2 Å². The van der Waals surface area contributed by atoms with Crippen molar-refractivity contribution < 1.29 is 9.21 Å². The van der Waals surface area contributed by atoms with E-state index >= 15 is 0 Å². The number of pyridine rings is 1. The van der Waals surface area contributed by atoms with Gasteiger partial charge in [-0.15, -0.1) is 0 Å². The summed E-state index contributed by atoms with van der Waals surface area (Å²) in [5, 5.41) is 0. The first-order chi connectivity index (χ1) is 14.1. The minimum atomic E-state index is 0.0314. The van der Waals surface area contributed by atoms with Crippen molar-refractivity contribution in [3.8, 4) is 11.3 Å². The molecule has 1 aliphatic heterocycles. The average molecular weight is 391 g/mol. The zero-order valence-electron chi connectivity index (χ0n) is 16.8. The Balaban J connectivity index is 1.36. The average Bonchev–Trinajstić information content (AvgIpc) is 3.23. The van der Waals surface area contributed by atoms with Crippen molar-refractivity contribution in [3.63, 3.8) is 0 Å². The maximum atomic E-state index is 13.0. The molecule has 7 nitrogen and oxygen atoms in total. The van der Waals surface area contributed by atoms with Crippen LogP contribution >= 0.6 is 0 Å². The molecule has 7 heteroatoms. The minimum Gasteiger partial charge on any atom is -0.439 e. The first-order valence-corrected chi connectivity index (χ1v) is 9.75. The summed E-state index contributed by atoms with van der Waals surface area (Å²) in [5.41, 5.74) is 2.56. The van der Waals surface area contributed by atoms with Gasteiger partial charge in [0.15, 0.2) is 5.76 Å². The molecule has 1 aliphatic rings. The van der Waals surface area contributed by atoms with Crippen LogP contribution in [-0.2, 0) is 6.54 Å². The van der Waals surface area contributed by atoms with E-state index in [0.717, 1.165) is 30.1 Å². The van der Waals surface area contributed by atoms with Crippen molar-refractivity contribution in [2.75, 3.05) is 45.2 Å². The molecule has 0 atom stereocenters. The number of oxazole rings is 1. The Morgan fingerprint density at radius 1 is 1.07 bits per heavy atom. The summed E-state index contributed by atoms with van der Waals surface area (Å²) in [5.74, 6) is 1.51.